The quantitative estimate of drug-likeness (QED) is 0.617. The number of rotatable bonds is 6. The van der Waals surface area contributed by atoms with Gasteiger partial charge in [0, 0.05) is 17.6 Å². The lowest BCUT2D eigenvalue weighted by Crippen LogP contribution is -2.31. The standard InChI is InChI=1S/C11H17ClN6S/c1-17(2)3-4-18-11(8(12)5-15-18)10(16-13)9-6-14-7-19-9/h5-7,10,16H,3-4,13H2,1-2H3. The molecule has 0 saturated carbocycles. The second-order valence-electron chi connectivity index (χ2n) is 4.41. The fourth-order valence-electron chi connectivity index (χ4n) is 1.80. The van der Waals surface area contributed by atoms with Gasteiger partial charge in [-0.2, -0.15) is 5.10 Å². The number of nitrogens with two attached hydrogens (primary N) is 1. The van der Waals surface area contributed by atoms with E-state index in [1.165, 1.54) is 11.3 Å². The van der Waals surface area contributed by atoms with Crippen LogP contribution in [-0.4, -0.2) is 40.3 Å². The molecule has 2 aromatic heterocycles. The minimum Gasteiger partial charge on any atom is -0.308 e. The van der Waals surface area contributed by atoms with Gasteiger partial charge in [-0.25, -0.2) is 5.43 Å². The Labute approximate surface area is 121 Å². The average Bonchev–Trinajstić information content (AvgIpc) is 3.00. The molecule has 6 nitrogen and oxygen atoms in total. The fourth-order valence-corrected chi connectivity index (χ4v) is 2.73. The summed E-state index contributed by atoms with van der Waals surface area (Å²) in [5.41, 5.74) is 5.43. The number of hydrazine groups is 1. The number of likely N-dealkylation sites (N-methyl/N-ethyl adjacent to an activating group) is 1. The summed E-state index contributed by atoms with van der Waals surface area (Å²) in [5.74, 6) is 5.67. The van der Waals surface area contributed by atoms with Gasteiger partial charge in [-0.15, -0.1) is 11.3 Å². The maximum Gasteiger partial charge on any atom is 0.100 e. The van der Waals surface area contributed by atoms with Crippen molar-refractivity contribution in [3.63, 3.8) is 0 Å². The predicted octanol–water partition coefficient (Wildman–Crippen LogP) is 1.11. The number of thiazole rings is 1. The van der Waals surface area contributed by atoms with E-state index in [1.807, 2.05) is 18.8 Å². The van der Waals surface area contributed by atoms with Gasteiger partial charge in [0.15, 0.2) is 0 Å². The number of halogens is 1. The summed E-state index contributed by atoms with van der Waals surface area (Å²) in [4.78, 5) is 7.18. The first-order valence-corrected chi connectivity index (χ1v) is 7.09. The highest BCUT2D eigenvalue weighted by atomic mass is 35.5. The van der Waals surface area contributed by atoms with Gasteiger partial charge >= 0.3 is 0 Å². The lowest BCUT2D eigenvalue weighted by Gasteiger charge is -2.18. The number of nitrogens with one attached hydrogen (secondary N) is 1. The third-order valence-corrected chi connectivity index (χ3v) is 3.90. The summed E-state index contributed by atoms with van der Waals surface area (Å²) in [6.07, 6.45) is 3.44. The Bertz CT molecular complexity index is 509. The molecule has 3 N–H and O–H groups in total. The Morgan fingerprint density at radius 1 is 1.53 bits per heavy atom. The van der Waals surface area contributed by atoms with Crippen LogP contribution in [0.2, 0.25) is 5.02 Å². The van der Waals surface area contributed by atoms with Crippen molar-refractivity contribution in [2.45, 2.75) is 12.6 Å². The second kappa shape index (κ2) is 6.44. The van der Waals surface area contributed by atoms with Gasteiger partial charge in [0.2, 0.25) is 0 Å². The van der Waals surface area contributed by atoms with Crippen LogP contribution in [0.5, 0.6) is 0 Å². The first-order valence-electron chi connectivity index (χ1n) is 5.84. The van der Waals surface area contributed by atoms with E-state index in [4.69, 9.17) is 17.4 Å². The predicted molar refractivity (Wildman–Crippen MR) is 77.1 cm³/mol. The molecule has 8 heteroatoms. The zero-order valence-electron chi connectivity index (χ0n) is 10.9. The van der Waals surface area contributed by atoms with Crippen molar-refractivity contribution in [3.05, 3.63) is 33.5 Å². The zero-order chi connectivity index (χ0) is 13.8. The van der Waals surface area contributed by atoms with E-state index in [-0.39, 0.29) is 6.04 Å². The Hall–Kier alpha value is -0.990. The molecule has 0 aliphatic heterocycles. The summed E-state index contributed by atoms with van der Waals surface area (Å²) in [5, 5.41) is 4.92. The van der Waals surface area contributed by atoms with Crippen molar-refractivity contribution in [1.82, 2.24) is 25.1 Å². The smallest absolute Gasteiger partial charge is 0.100 e. The molecule has 0 aliphatic rings. The monoisotopic (exact) mass is 300 g/mol. The molecule has 19 heavy (non-hydrogen) atoms. The number of aromatic nitrogens is 3. The minimum atomic E-state index is -0.190. The summed E-state index contributed by atoms with van der Waals surface area (Å²) in [7, 11) is 4.04. The van der Waals surface area contributed by atoms with Crippen LogP contribution in [0.4, 0.5) is 0 Å². The van der Waals surface area contributed by atoms with Gasteiger partial charge in [-0.05, 0) is 14.1 Å². The van der Waals surface area contributed by atoms with Gasteiger partial charge < -0.3 is 4.90 Å². The molecule has 0 amide bonds. The van der Waals surface area contributed by atoms with Crippen molar-refractivity contribution in [2.75, 3.05) is 20.6 Å². The number of nitrogens with zero attached hydrogens (tertiary/aromatic N) is 4. The van der Waals surface area contributed by atoms with E-state index in [0.29, 0.717) is 5.02 Å². The molecule has 1 atom stereocenters. The highest BCUT2D eigenvalue weighted by molar-refractivity contribution is 7.09. The molecule has 0 fully saturated rings. The molecule has 0 spiro atoms. The molecule has 104 valence electrons. The van der Waals surface area contributed by atoms with Crippen LogP contribution >= 0.6 is 22.9 Å². The third kappa shape index (κ3) is 3.31. The van der Waals surface area contributed by atoms with Crippen LogP contribution in [0, 0.1) is 0 Å². The Balaban J connectivity index is 2.29. The van der Waals surface area contributed by atoms with Crippen LogP contribution in [-0.2, 0) is 6.54 Å². The summed E-state index contributed by atoms with van der Waals surface area (Å²) >= 11 is 7.77. The molecule has 2 aromatic rings. The van der Waals surface area contributed by atoms with E-state index < -0.39 is 0 Å². The Morgan fingerprint density at radius 3 is 2.89 bits per heavy atom. The van der Waals surface area contributed by atoms with Crippen molar-refractivity contribution in [2.24, 2.45) is 5.84 Å². The molecule has 0 saturated heterocycles. The van der Waals surface area contributed by atoms with Crippen molar-refractivity contribution in [1.29, 1.82) is 0 Å². The van der Waals surface area contributed by atoms with E-state index in [1.54, 1.807) is 17.9 Å². The van der Waals surface area contributed by atoms with Crippen LogP contribution in [0.1, 0.15) is 16.6 Å². The summed E-state index contributed by atoms with van der Waals surface area (Å²) in [6, 6.07) is -0.190. The van der Waals surface area contributed by atoms with E-state index in [0.717, 1.165) is 23.7 Å². The SMILES string of the molecule is CN(C)CCn1ncc(Cl)c1C(NN)c1cncs1. The van der Waals surface area contributed by atoms with Gasteiger partial charge in [0.1, 0.15) is 6.04 Å². The van der Waals surface area contributed by atoms with Crippen molar-refractivity contribution >= 4 is 22.9 Å². The van der Waals surface area contributed by atoms with Gasteiger partial charge in [-0.1, -0.05) is 11.6 Å². The highest BCUT2D eigenvalue weighted by Gasteiger charge is 2.22. The third-order valence-electron chi connectivity index (χ3n) is 2.77. The Kier molecular flexibility index (Phi) is 4.89. The molecule has 2 rings (SSSR count). The normalized spacial score (nSPS) is 13.1. The first-order chi connectivity index (χ1) is 9.13. The molecular formula is C11H17ClN6S. The molecule has 0 radical (unpaired) electrons. The number of hydrogen-bond acceptors (Lipinski definition) is 6. The second-order valence-corrected chi connectivity index (χ2v) is 5.73. The van der Waals surface area contributed by atoms with E-state index in [9.17, 15) is 0 Å². The minimum absolute atomic E-state index is 0.190. The average molecular weight is 301 g/mol. The molecule has 0 aliphatic carbocycles. The van der Waals surface area contributed by atoms with E-state index >= 15 is 0 Å². The number of hydrogen-bond donors (Lipinski definition) is 2. The maximum absolute atomic E-state index is 6.24. The first kappa shape index (κ1) is 14.4. The molecule has 0 aromatic carbocycles. The van der Waals surface area contributed by atoms with Crippen molar-refractivity contribution < 1.29 is 0 Å². The van der Waals surface area contributed by atoms with Gasteiger partial charge in [0.25, 0.3) is 0 Å². The van der Waals surface area contributed by atoms with Crippen molar-refractivity contribution in [3.8, 4) is 0 Å². The molecule has 2 heterocycles. The molecular weight excluding hydrogens is 284 g/mol. The largest absolute Gasteiger partial charge is 0.308 e. The highest BCUT2D eigenvalue weighted by Crippen LogP contribution is 2.29. The van der Waals surface area contributed by atoms with Crippen LogP contribution in [0.15, 0.2) is 17.9 Å². The van der Waals surface area contributed by atoms with Crippen LogP contribution in [0.3, 0.4) is 0 Å². The Morgan fingerprint density at radius 2 is 2.32 bits per heavy atom. The fraction of sp³-hybridized carbons (Fsp3) is 0.455. The van der Waals surface area contributed by atoms with Crippen LogP contribution < -0.4 is 11.3 Å². The topological polar surface area (TPSA) is 72.0 Å². The molecule has 0 bridgehead atoms. The van der Waals surface area contributed by atoms with Gasteiger partial charge in [-0.3, -0.25) is 15.5 Å². The summed E-state index contributed by atoms with van der Waals surface area (Å²) < 4.78 is 1.88. The van der Waals surface area contributed by atoms with Crippen LogP contribution in [0.25, 0.3) is 0 Å². The maximum atomic E-state index is 6.24. The lowest BCUT2D eigenvalue weighted by atomic mass is 10.2. The van der Waals surface area contributed by atoms with Gasteiger partial charge in [0.05, 0.1) is 29.0 Å². The lowest BCUT2D eigenvalue weighted by molar-refractivity contribution is 0.366. The molecule has 1 unspecified atom stereocenters. The summed E-state index contributed by atoms with van der Waals surface area (Å²) in [6.45, 7) is 1.64. The van der Waals surface area contributed by atoms with E-state index in [2.05, 4.69) is 20.4 Å². The zero-order valence-corrected chi connectivity index (χ0v) is 12.4.